The first-order chi connectivity index (χ1) is 14.1. The van der Waals surface area contributed by atoms with Crippen LogP contribution in [0.2, 0.25) is 0 Å². The summed E-state index contributed by atoms with van der Waals surface area (Å²) in [5.41, 5.74) is 2.29. The monoisotopic (exact) mass is 446 g/mol. The van der Waals surface area contributed by atoms with E-state index in [2.05, 4.69) is 15.9 Å². The van der Waals surface area contributed by atoms with Gasteiger partial charge in [-0.25, -0.2) is 0 Å². The molecule has 2 atom stereocenters. The zero-order valence-electron chi connectivity index (χ0n) is 15.2. The number of hydrogen-bond acceptors (Lipinski definition) is 3. The number of benzene rings is 3. The number of nitrogens with zero attached hydrogens (tertiary/aromatic N) is 2. The summed E-state index contributed by atoms with van der Waals surface area (Å²) in [5.74, 6) is -1.10. The van der Waals surface area contributed by atoms with Crippen molar-refractivity contribution < 1.29 is 14.4 Å². The summed E-state index contributed by atoms with van der Waals surface area (Å²) in [6.45, 7) is 0. The molecule has 2 aliphatic heterocycles. The van der Waals surface area contributed by atoms with Gasteiger partial charge in [0.1, 0.15) is 6.04 Å². The van der Waals surface area contributed by atoms with Gasteiger partial charge in [0.25, 0.3) is 17.7 Å². The number of rotatable bonds is 3. The van der Waals surface area contributed by atoms with Crippen LogP contribution in [0.15, 0.2) is 83.3 Å². The minimum Gasteiger partial charge on any atom is -0.300 e. The van der Waals surface area contributed by atoms with Crippen molar-refractivity contribution >= 4 is 39.3 Å². The Morgan fingerprint density at radius 2 is 1.17 bits per heavy atom. The SMILES string of the molecule is O=C1c2ccccc2C(=O)N1C1C(=O)N(c2ccc(Br)cc2)C1c1ccccc1. The van der Waals surface area contributed by atoms with E-state index in [0.29, 0.717) is 11.1 Å². The molecule has 0 aliphatic carbocycles. The highest BCUT2D eigenvalue weighted by Gasteiger charge is 2.57. The first-order valence-corrected chi connectivity index (χ1v) is 9.98. The number of carbonyl (C=O) groups excluding carboxylic acids is 3. The average molecular weight is 447 g/mol. The van der Waals surface area contributed by atoms with Gasteiger partial charge >= 0.3 is 0 Å². The predicted octanol–water partition coefficient (Wildman–Crippen LogP) is 4.20. The first-order valence-electron chi connectivity index (χ1n) is 9.18. The van der Waals surface area contributed by atoms with E-state index in [-0.39, 0.29) is 5.91 Å². The minimum atomic E-state index is -0.867. The fourth-order valence-electron chi connectivity index (χ4n) is 4.06. The zero-order chi connectivity index (χ0) is 20.1. The van der Waals surface area contributed by atoms with E-state index >= 15 is 0 Å². The minimum absolute atomic E-state index is 0.268. The van der Waals surface area contributed by atoms with E-state index in [9.17, 15) is 14.4 Å². The lowest BCUT2D eigenvalue weighted by atomic mass is 9.86. The summed E-state index contributed by atoms with van der Waals surface area (Å²) in [7, 11) is 0. The van der Waals surface area contributed by atoms with Gasteiger partial charge in [0.2, 0.25) is 0 Å². The highest BCUT2D eigenvalue weighted by Crippen LogP contribution is 2.44. The molecule has 3 aromatic rings. The fourth-order valence-corrected chi connectivity index (χ4v) is 4.32. The summed E-state index contributed by atoms with van der Waals surface area (Å²) in [5, 5.41) is 0. The van der Waals surface area contributed by atoms with E-state index in [4.69, 9.17) is 0 Å². The highest BCUT2D eigenvalue weighted by molar-refractivity contribution is 9.10. The third-order valence-electron chi connectivity index (χ3n) is 5.42. The molecule has 1 fully saturated rings. The van der Waals surface area contributed by atoms with Crippen LogP contribution in [0.4, 0.5) is 5.69 Å². The molecule has 0 bridgehead atoms. The molecular weight excluding hydrogens is 432 g/mol. The molecule has 5 rings (SSSR count). The average Bonchev–Trinajstić information content (AvgIpc) is 2.99. The Labute approximate surface area is 175 Å². The topological polar surface area (TPSA) is 57.7 Å². The van der Waals surface area contributed by atoms with Crippen molar-refractivity contribution in [1.29, 1.82) is 0 Å². The Hall–Kier alpha value is -3.25. The maximum Gasteiger partial charge on any atom is 0.262 e. The number of amides is 3. The number of halogens is 1. The van der Waals surface area contributed by atoms with Gasteiger partial charge in [-0.1, -0.05) is 58.4 Å². The summed E-state index contributed by atoms with van der Waals surface area (Å²) >= 11 is 3.41. The van der Waals surface area contributed by atoms with E-state index < -0.39 is 23.9 Å². The van der Waals surface area contributed by atoms with Crippen molar-refractivity contribution in [1.82, 2.24) is 4.90 Å². The van der Waals surface area contributed by atoms with Crippen LogP contribution in [0.25, 0.3) is 0 Å². The third kappa shape index (κ3) is 2.63. The lowest BCUT2D eigenvalue weighted by Gasteiger charge is -2.49. The standard InChI is InChI=1S/C23H15BrN2O3/c24-15-10-12-16(13-11-15)25-19(14-6-2-1-3-7-14)20(23(25)29)26-21(27)17-8-4-5-9-18(17)22(26)28/h1-13,19-20H. The Balaban J connectivity index is 1.58. The van der Waals surface area contributed by atoms with Crippen LogP contribution >= 0.6 is 15.9 Å². The Kier molecular flexibility index (Phi) is 4.10. The number of β-lactam (4-membered cyclic amide) rings is 1. The quantitative estimate of drug-likeness (QED) is 0.447. The van der Waals surface area contributed by atoms with Gasteiger partial charge in [0.15, 0.2) is 0 Å². The van der Waals surface area contributed by atoms with E-state index in [1.807, 2.05) is 54.6 Å². The van der Waals surface area contributed by atoms with Crippen LogP contribution in [-0.4, -0.2) is 28.7 Å². The lowest BCUT2D eigenvalue weighted by Crippen LogP contribution is -2.67. The summed E-state index contributed by atoms with van der Waals surface area (Å²) < 4.78 is 0.905. The van der Waals surface area contributed by atoms with Gasteiger partial charge in [-0.2, -0.15) is 0 Å². The Bertz CT molecular complexity index is 1110. The van der Waals surface area contributed by atoms with Crippen molar-refractivity contribution in [2.75, 3.05) is 4.90 Å². The Morgan fingerprint density at radius 3 is 1.76 bits per heavy atom. The van der Waals surface area contributed by atoms with E-state index in [0.717, 1.165) is 20.6 Å². The molecule has 0 radical (unpaired) electrons. The van der Waals surface area contributed by atoms with Crippen LogP contribution < -0.4 is 4.90 Å². The Morgan fingerprint density at radius 1 is 0.621 bits per heavy atom. The molecule has 5 nitrogen and oxygen atoms in total. The second-order valence-electron chi connectivity index (χ2n) is 7.01. The molecule has 1 saturated heterocycles. The van der Waals surface area contributed by atoms with Crippen LogP contribution in [0.3, 0.4) is 0 Å². The van der Waals surface area contributed by atoms with Crippen molar-refractivity contribution in [2.45, 2.75) is 12.1 Å². The normalized spacial score (nSPS) is 20.7. The molecular formula is C23H15BrN2O3. The van der Waals surface area contributed by atoms with Crippen LogP contribution in [0.1, 0.15) is 32.3 Å². The van der Waals surface area contributed by atoms with Crippen LogP contribution in [0, 0.1) is 0 Å². The lowest BCUT2D eigenvalue weighted by molar-refractivity contribution is -0.130. The van der Waals surface area contributed by atoms with Gasteiger partial charge < -0.3 is 4.90 Å². The smallest absolute Gasteiger partial charge is 0.262 e. The van der Waals surface area contributed by atoms with Gasteiger partial charge in [0, 0.05) is 10.2 Å². The number of fused-ring (bicyclic) bond motifs is 1. The number of hydrogen-bond donors (Lipinski definition) is 0. The second-order valence-corrected chi connectivity index (χ2v) is 7.93. The van der Waals surface area contributed by atoms with Gasteiger partial charge in [-0.15, -0.1) is 0 Å². The molecule has 0 spiro atoms. The maximum atomic E-state index is 13.2. The molecule has 3 aromatic carbocycles. The second kappa shape index (κ2) is 6.67. The molecule has 0 saturated carbocycles. The van der Waals surface area contributed by atoms with Gasteiger partial charge in [-0.05, 0) is 42.0 Å². The summed E-state index contributed by atoms with van der Waals surface area (Å²) in [6, 6.07) is 22.3. The third-order valence-corrected chi connectivity index (χ3v) is 5.95. The molecule has 3 amide bonds. The molecule has 2 heterocycles. The number of anilines is 1. The molecule has 2 aliphatic rings. The van der Waals surface area contributed by atoms with Crippen molar-refractivity contribution in [3.05, 3.63) is 100 Å². The molecule has 0 aromatic heterocycles. The van der Waals surface area contributed by atoms with Crippen molar-refractivity contribution in [3.8, 4) is 0 Å². The molecule has 6 heteroatoms. The highest BCUT2D eigenvalue weighted by atomic mass is 79.9. The molecule has 29 heavy (non-hydrogen) atoms. The first kappa shape index (κ1) is 17.8. The van der Waals surface area contributed by atoms with E-state index in [1.165, 1.54) is 0 Å². The van der Waals surface area contributed by atoms with Crippen molar-refractivity contribution in [2.24, 2.45) is 0 Å². The van der Waals surface area contributed by atoms with Crippen LogP contribution in [-0.2, 0) is 4.79 Å². The van der Waals surface area contributed by atoms with Gasteiger partial charge in [-0.3, -0.25) is 19.3 Å². The van der Waals surface area contributed by atoms with Gasteiger partial charge in [0.05, 0.1) is 17.2 Å². The zero-order valence-corrected chi connectivity index (χ0v) is 16.7. The van der Waals surface area contributed by atoms with Crippen molar-refractivity contribution in [3.63, 3.8) is 0 Å². The molecule has 142 valence electrons. The molecule has 0 N–H and O–H groups in total. The predicted molar refractivity (Wildman–Crippen MR) is 112 cm³/mol. The summed E-state index contributed by atoms with van der Waals surface area (Å²) in [6.07, 6.45) is 0. The fraction of sp³-hybridized carbons (Fsp3) is 0.0870. The van der Waals surface area contributed by atoms with Crippen LogP contribution in [0.5, 0.6) is 0 Å². The maximum absolute atomic E-state index is 13.2. The number of imide groups is 1. The van der Waals surface area contributed by atoms with E-state index in [1.54, 1.807) is 29.2 Å². The largest absolute Gasteiger partial charge is 0.300 e. The molecule has 2 unspecified atom stereocenters. The number of carbonyl (C=O) groups is 3. The summed E-state index contributed by atoms with van der Waals surface area (Å²) in [4.78, 5) is 42.0.